The summed E-state index contributed by atoms with van der Waals surface area (Å²) in [5, 5.41) is 4.97. The second kappa shape index (κ2) is 7.44. The summed E-state index contributed by atoms with van der Waals surface area (Å²) >= 11 is 0. The molecule has 0 bridgehead atoms. The van der Waals surface area contributed by atoms with Crippen molar-refractivity contribution in [2.24, 2.45) is 0 Å². The minimum atomic E-state index is -0.112. The molecule has 5 nitrogen and oxygen atoms in total. The van der Waals surface area contributed by atoms with Gasteiger partial charge in [-0.3, -0.25) is 9.36 Å². The Kier molecular flexibility index (Phi) is 4.48. The zero-order valence-electron chi connectivity index (χ0n) is 16.6. The molecule has 146 valence electrons. The molecule has 0 spiro atoms. The Morgan fingerprint density at radius 2 is 1.53 bits per heavy atom. The summed E-state index contributed by atoms with van der Waals surface area (Å²) in [6.45, 7) is 2.02. The summed E-state index contributed by atoms with van der Waals surface area (Å²) in [5.74, 6) is 0.682. The van der Waals surface area contributed by atoms with Gasteiger partial charge in [-0.05, 0) is 42.3 Å². The van der Waals surface area contributed by atoms with E-state index in [4.69, 9.17) is 4.98 Å². The first kappa shape index (κ1) is 18.1. The summed E-state index contributed by atoms with van der Waals surface area (Å²) in [5.41, 5.74) is 4.33. The average molecular weight is 392 g/mol. The minimum Gasteiger partial charge on any atom is -0.268 e. The quantitative estimate of drug-likeness (QED) is 0.453. The van der Waals surface area contributed by atoms with Crippen LogP contribution in [0, 0.1) is 6.92 Å². The molecule has 0 saturated carbocycles. The molecule has 3 aromatic carbocycles. The van der Waals surface area contributed by atoms with Gasteiger partial charge in [0.25, 0.3) is 5.56 Å². The lowest BCUT2D eigenvalue weighted by molar-refractivity contribution is 0.829. The largest absolute Gasteiger partial charge is 0.269 e. The third-order valence-electron chi connectivity index (χ3n) is 5.14. The zero-order chi connectivity index (χ0) is 20.5. The number of aromatic nitrogens is 4. The maximum absolute atomic E-state index is 13.6. The van der Waals surface area contributed by atoms with Crippen LogP contribution in [-0.2, 0) is 6.42 Å². The van der Waals surface area contributed by atoms with E-state index in [2.05, 4.69) is 5.10 Å². The lowest BCUT2D eigenvalue weighted by Crippen LogP contribution is -2.24. The Labute approximate surface area is 173 Å². The molecule has 0 fully saturated rings. The van der Waals surface area contributed by atoms with Gasteiger partial charge in [-0.15, -0.1) is 0 Å². The Balaban J connectivity index is 1.78. The molecule has 0 saturated heterocycles. The predicted molar refractivity (Wildman–Crippen MR) is 118 cm³/mol. The van der Waals surface area contributed by atoms with Crippen LogP contribution in [0.2, 0.25) is 0 Å². The standard InChI is InChI=1S/C25H20N4O/c1-18-9-8-14-21(15-18)28-23(16-19-10-4-2-5-11-19)27-24-22(25(28)30)17-26-29(24)20-12-6-3-7-13-20/h2-15,17H,16H2,1H3. The van der Waals surface area contributed by atoms with Gasteiger partial charge in [-0.2, -0.15) is 5.10 Å². The van der Waals surface area contributed by atoms with E-state index in [0.29, 0.717) is 23.3 Å². The molecule has 0 radical (unpaired) electrons. The molecule has 0 atom stereocenters. The van der Waals surface area contributed by atoms with Gasteiger partial charge in [0, 0.05) is 6.42 Å². The molecule has 5 rings (SSSR count). The molecule has 2 aromatic heterocycles. The number of aryl methyl sites for hydroxylation is 1. The second-order valence-electron chi connectivity index (χ2n) is 7.30. The van der Waals surface area contributed by atoms with E-state index in [9.17, 15) is 4.79 Å². The van der Waals surface area contributed by atoms with Crippen LogP contribution in [0.4, 0.5) is 0 Å². The Morgan fingerprint density at radius 1 is 0.833 bits per heavy atom. The highest BCUT2D eigenvalue weighted by Gasteiger charge is 2.17. The fourth-order valence-corrected chi connectivity index (χ4v) is 3.70. The number of hydrogen-bond donors (Lipinski definition) is 0. The van der Waals surface area contributed by atoms with Gasteiger partial charge in [0.1, 0.15) is 11.2 Å². The highest BCUT2D eigenvalue weighted by atomic mass is 16.1. The number of benzene rings is 3. The summed E-state index contributed by atoms with van der Waals surface area (Å²) in [4.78, 5) is 18.5. The van der Waals surface area contributed by atoms with Crippen LogP contribution in [0.1, 0.15) is 17.0 Å². The van der Waals surface area contributed by atoms with Crippen LogP contribution in [0.5, 0.6) is 0 Å². The van der Waals surface area contributed by atoms with E-state index in [0.717, 1.165) is 22.5 Å². The first-order chi connectivity index (χ1) is 14.7. The third kappa shape index (κ3) is 3.20. The molecule has 5 heteroatoms. The normalized spacial score (nSPS) is 11.1. The van der Waals surface area contributed by atoms with Crippen molar-refractivity contribution in [1.82, 2.24) is 19.3 Å². The Bertz CT molecular complexity index is 1390. The average Bonchev–Trinajstić information content (AvgIpc) is 3.19. The van der Waals surface area contributed by atoms with Crippen molar-refractivity contribution >= 4 is 11.0 Å². The number of fused-ring (bicyclic) bond motifs is 1. The van der Waals surface area contributed by atoms with Crippen LogP contribution in [0.15, 0.2) is 95.9 Å². The van der Waals surface area contributed by atoms with Crippen LogP contribution in [-0.4, -0.2) is 19.3 Å². The fraction of sp³-hybridized carbons (Fsp3) is 0.0800. The summed E-state index contributed by atoms with van der Waals surface area (Å²) in [7, 11) is 0. The van der Waals surface area contributed by atoms with Gasteiger partial charge in [0.15, 0.2) is 5.65 Å². The number of para-hydroxylation sites is 1. The smallest absolute Gasteiger partial charge is 0.268 e. The van der Waals surface area contributed by atoms with Crippen molar-refractivity contribution in [1.29, 1.82) is 0 Å². The van der Waals surface area contributed by atoms with Gasteiger partial charge < -0.3 is 0 Å². The highest BCUT2D eigenvalue weighted by Crippen LogP contribution is 2.19. The number of rotatable bonds is 4. The van der Waals surface area contributed by atoms with E-state index in [1.54, 1.807) is 15.4 Å². The molecule has 0 amide bonds. The molecule has 0 aliphatic carbocycles. The van der Waals surface area contributed by atoms with Crippen molar-refractivity contribution < 1.29 is 0 Å². The van der Waals surface area contributed by atoms with Crippen molar-refractivity contribution in [3.63, 3.8) is 0 Å². The summed E-state index contributed by atoms with van der Waals surface area (Å²) in [6, 6.07) is 27.8. The lowest BCUT2D eigenvalue weighted by atomic mass is 10.1. The second-order valence-corrected chi connectivity index (χ2v) is 7.30. The van der Waals surface area contributed by atoms with Crippen LogP contribution in [0.3, 0.4) is 0 Å². The molecule has 0 unspecified atom stereocenters. The monoisotopic (exact) mass is 392 g/mol. The fourth-order valence-electron chi connectivity index (χ4n) is 3.70. The van der Waals surface area contributed by atoms with Gasteiger partial charge in [0.05, 0.1) is 17.6 Å². The van der Waals surface area contributed by atoms with Crippen LogP contribution < -0.4 is 5.56 Å². The molecule has 2 heterocycles. The zero-order valence-corrected chi connectivity index (χ0v) is 16.6. The molecule has 5 aromatic rings. The van der Waals surface area contributed by atoms with E-state index in [1.807, 2.05) is 91.9 Å². The van der Waals surface area contributed by atoms with Crippen molar-refractivity contribution in [2.75, 3.05) is 0 Å². The summed E-state index contributed by atoms with van der Waals surface area (Å²) in [6.07, 6.45) is 2.15. The van der Waals surface area contributed by atoms with Crippen LogP contribution in [0.25, 0.3) is 22.4 Å². The summed E-state index contributed by atoms with van der Waals surface area (Å²) < 4.78 is 3.44. The van der Waals surface area contributed by atoms with Crippen molar-refractivity contribution in [2.45, 2.75) is 13.3 Å². The van der Waals surface area contributed by atoms with Crippen LogP contribution >= 0.6 is 0 Å². The van der Waals surface area contributed by atoms with Crippen molar-refractivity contribution in [3.8, 4) is 11.4 Å². The topological polar surface area (TPSA) is 52.7 Å². The van der Waals surface area contributed by atoms with E-state index in [1.165, 1.54) is 0 Å². The first-order valence-electron chi connectivity index (χ1n) is 9.87. The number of hydrogen-bond acceptors (Lipinski definition) is 3. The number of nitrogens with zero attached hydrogens (tertiary/aromatic N) is 4. The Hall–Kier alpha value is -3.99. The van der Waals surface area contributed by atoms with Gasteiger partial charge >= 0.3 is 0 Å². The van der Waals surface area contributed by atoms with Gasteiger partial charge in [-0.25, -0.2) is 9.67 Å². The van der Waals surface area contributed by atoms with Gasteiger partial charge in [-0.1, -0.05) is 60.7 Å². The van der Waals surface area contributed by atoms with Crippen molar-refractivity contribution in [3.05, 3.63) is 118 Å². The Morgan fingerprint density at radius 3 is 2.27 bits per heavy atom. The maximum Gasteiger partial charge on any atom is 0.269 e. The molecular weight excluding hydrogens is 372 g/mol. The minimum absolute atomic E-state index is 0.112. The predicted octanol–water partition coefficient (Wildman–Crippen LogP) is 4.47. The molecule has 0 aliphatic heterocycles. The molecule has 0 aliphatic rings. The first-order valence-corrected chi connectivity index (χ1v) is 9.87. The SMILES string of the molecule is Cc1cccc(-n2c(Cc3ccccc3)nc3c(cnn3-c3ccccc3)c2=O)c1. The van der Waals surface area contributed by atoms with E-state index < -0.39 is 0 Å². The highest BCUT2D eigenvalue weighted by molar-refractivity contribution is 5.76. The molecule has 0 N–H and O–H groups in total. The van der Waals surface area contributed by atoms with E-state index in [-0.39, 0.29) is 5.56 Å². The lowest BCUT2D eigenvalue weighted by Gasteiger charge is -2.14. The van der Waals surface area contributed by atoms with Gasteiger partial charge in [0.2, 0.25) is 0 Å². The third-order valence-corrected chi connectivity index (χ3v) is 5.14. The molecular formula is C25H20N4O. The molecule has 30 heavy (non-hydrogen) atoms. The van der Waals surface area contributed by atoms with E-state index >= 15 is 0 Å². The maximum atomic E-state index is 13.6.